The Hall–Kier alpha value is -0.870. The van der Waals surface area contributed by atoms with Gasteiger partial charge in [-0.2, -0.15) is 0 Å². The molecule has 0 spiro atoms. The van der Waals surface area contributed by atoms with Gasteiger partial charge >= 0.3 is 0 Å². The normalized spacial score (nSPS) is 15.7. The highest BCUT2D eigenvalue weighted by Crippen LogP contribution is 2.15. The van der Waals surface area contributed by atoms with E-state index in [-0.39, 0.29) is 0 Å². The van der Waals surface area contributed by atoms with Crippen molar-refractivity contribution in [3.8, 4) is 0 Å². The van der Waals surface area contributed by atoms with Gasteiger partial charge in [0.2, 0.25) is 0 Å². The fraction of sp³-hybridized carbons (Fsp3) is 0.417. The van der Waals surface area contributed by atoms with Crippen molar-refractivity contribution in [2.75, 3.05) is 25.1 Å². The second-order valence-corrected chi connectivity index (χ2v) is 4.67. The fourth-order valence-electron chi connectivity index (χ4n) is 1.67. The number of nitrogens with one attached hydrogen (secondary N) is 1. The van der Waals surface area contributed by atoms with Gasteiger partial charge in [0.15, 0.2) is 0 Å². The minimum atomic E-state index is 0.772. The topological polar surface area (TPSA) is 34.2 Å². The number of ether oxygens (including phenoxy) is 1. The zero-order chi connectivity index (χ0) is 11.2. The van der Waals surface area contributed by atoms with Crippen LogP contribution in [0.15, 0.2) is 34.6 Å². The van der Waals surface area contributed by atoms with E-state index in [1.54, 1.807) is 6.20 Å². The largest absolute Gasteiger partial charge is 0.383 e. The smallest absolute Gasteiger partial charge is 0.0650 e. The summed E-state index contributed by atoms with van der Waals surface area (Å²) in [6.45, 7) is 2.59. The summed E-state index contributed by atoms with van der Waals surface area (Å²) in [5.74, 6) is 0. The summed E-state index contributed by atoms with van der Waals surface area (Å²) >= 11 is 3.40. The van der Waals surface area contributed by atoms with Crippen molar-refractivity contribution in [1.29, 1.82) is 0 Å². The first-order valence-corrected chi connectivity index (χ1v) is 6.24. The van der Waals surface area contributed by atoms with E-state index in [9.17, 15) is 0 Å². The van der Waals surface area contributed by atoms with Crippen LogP contribution in [-0.4, -0.2) is 24.7 Å². The number of aromatic nitrogens is 1. The summed E-state index contributed by atoms with van der Waals surface area (Å²) < 4.78 is 6.27. The van der Waals surface area contributed by atoms with Crippen molar-refractivity contribution >= 4 is 21.6 Å². The Morgan fingerprint density at radius 2 is 2.38 bits per heavy atom. The first-order chi connectivity index (χ1) is 7.84. The van der Waals surface area contributed by atoms with Gasteiger partial charge in [-0.1, -0.05) is 11.6 Å². The molecule has 1 aromatic rings. The maximum absolute atomic E-state index is 5.27. The third-order valence-electron chi connectivity index (χ3n) is 2.54. The highest BCUT2D eigenvalue weighted by Gasteiger charge is 2.03. The lowest BCUT2D eigenvalue weighted by atomic mass is 10.1. The molecule has 1 aliphatic heterocycles. The summed E-state index contributed by atoms with van der Waals surface area (Å²) in [5.41, 5.74) is 2.55. The zero-order valence-electron chi connectivity index (χ0n) is 9.08. The molecule has 0 fully saturated rings. The molecule has 0 aromatic carbocycles. The first-order valence-electron chi connectivity index (χ1n) is 5.45. The summed E-state index contributed by atoms with van der Waals surface area (Å²) in [6.07, 6.45) is 7.95. The lowest BCUT2D eigenvalue weighted by molar-refractivity contribution is 0.153. The summed E-state index contributed by atoms with van der Waals surface area (Å²) in [7, 11) is 0. The average molecular weight is 283 g/mol. The molecule has 0 saturated carbocycles. The van der Waals surface area contributed by atoms with Gasteiger partial charge in [0.05, 0.1) is 25.1 Å². The molecule has 0 unspecified atom stereocenters. The van der Waals surface area contributed by atoms with Gasteiger partial charge in [-0.3, -0.25) is 4.98 Å². The monoisotopic (exact) mass is 282 g/mol. The quantitative estimate of drug-likeness (QED) is 0.863. The average Bonchev–Trinajstić information content (AvgIpc) is 2.30. The van der Waals surface area contributed by atoms with Crippen LogP contribution in [0.3, 0.4) is 0 Å². The van der Waals surface area contributed by atoms with Gasteiger partial charge < -0.3 is 10.1 Å². The highest BCUT2D eigenvalue weighted by atomic mass is 79.9. The third-order valence-corrected chi connectivity index (χ3v) is 2.97. The molecule has 0 atom stereocenters. The molecular weight excluding hydrogens is 268 g/mol. The van der Waals surface area contributed by atoms with Crippen LogP contribution in [-0.2, 0) is 4.74 Å². The van der Waals surface area contributed by atoms with Crippen LogP contribution in [0.5, 0.6) is 0 Å². The number of hydrogen-bond acceptors (Lipinski definition) is 3. The maximum Gasteiger partial charge on any atom is 0.0650 e. The van der Waals surface area contributed by atoms with Crippen molar-refractivity contribution in [1.82, 2.24) is 4.98 Å². The predicted octanol–water partition coefficient (Wildman–Crippen LogP) is 2.99. The molecule has 3 nitrogen and oxygen atoms in total. The van der Waals surface area contributed by atoms with E-state index in [1.165, 1.54) is 5.57 Å². The Morgan fingerprint density at radius 3 is 3.12 bits per heavy atom. The van der Waals surface area contributed by atoms with Gasteiger partial charge in [-0.05, 0) is 34.8 Å². The van der Waals surface area contributed by atoms with Gasteiger partial charge in [0.1, 0.15) is 0 Å². The van der Waals surface area contributed by atoms with Gasteiger partial charge in [-0.15, -0.1) is 0 Å². The van der Waals surface area contributed by atoms with Crippen LogP contribution in [0.2, 0.25) is 0 Å². The minimum Gasteiger partial charge on any atom is -0.383 e. The number of hydrogen-bond donors (Lipinski definition) is 1. The SMILES string of the molecule is Brc1cncc(NCCC2=CCOCC2)c1. The maximum atomic E-state index is 5.27. The number of nitrogens with zero attached hydrogens (tertiary/aromatic N) is 1. The molecule has 2 rings (SSSR count). The van der Waals surface area contributed by atoms with Gasteiger partial charge in [-0.25, -0.2) is 0 Å². The Morgan fingerprint density at radius 1 is 1.44 bits per heavy atom. The van der Waals surface area contributed by atoms with E-state index in [0.29, 0.717) is 0 Å². The predicted molar refractivity (Wildman–Crippen MR) is 68.6 cm³/mol. The van der Waals surface area contributed by atoms with Crippen molar-refractivity contribution in [3.63, 3.8) is 0 Å². The summed E-state index contributed by atoms with van der Waals surface area (Å²) in [4.78, 5) is 4.11. The molecule has 1 aromatic heterocycles. The van der Waals surface area contributed by atoms with Crippen LogP contribution < -0.4 is 5.32 Å². The Kier molecular flexibility index (Phi) is 4.36. The van der Waals surface area contributed by atoms with Crippen LogP contribution >= 0.6 is 15.9 Å². The molecule has 0 aliphatic carbocycles. The van der Waals surface area contributed by atoms with Crippen LogP contribution in [0.25, 0.3) is 0 Å². The fourth-order valence-corrected chi connectivity index (χ4v) is 2.03. The molecule has 0 bridgehead atoms. The van der Waals surface area contributed by atoms with Crippen LogP contribution in [0, 0.1) is 0 Å². The minimum absolute atomic E-state index is 0.772. The Balaban J connectivity index is 1.77. The molecule has 0 saturated heterocycles. The molecule has 0 amide bonds. The molecule has 0 radical (unpaired) electrons. The van der Waals surface area contributed by atoms with Crippen LogP contribution in [0.4, 0.5) is 5.69 Å². The van der Waals surface area contributed by atoms with E-state index >= 15 is 0 Å². The summed E-state index contributed by atoms with van der Waals surface area (Å²) in [6, 6.07) is 2.03. The molecule has 1 aliphatic rings. The second-order valence-electron chi connectivity index (χ2n) is 3.76. The lowest BCUT2D eigenvalue weighted by Crippen LogP contribution is -2.09. The van der Waals surface area contributed by atoms with E-state index in [1.807, 2.05) is 12.3 Å². The molecule has 1 N–H and O–H groups in total. The molecule has 2 heterocycles. The van der Waals surface area contributed by atoms with Crippen molar-refractivity contribution < 1.29 is 4.74 Å². The molecule has 4 heteroatoms. The number of pyridine rings is 1. The molecule has 16 heavy (non-hydrogen) atoms. The number of halogens is 1. The molecular formula is C12H15BrN2O. The molecule has 86 valence electrons. The number of rotatable bonds is 4. The van der Waals surface area contributed by atoms with E-state index in [2.05, 4.69) is 32.3 Å². The van der Waals surface area contributed by atoms with Gasteiger partial charge in [0.25, 0.3) is 0 Å². The van der Waals surface area contributed by atoms with E-state index in [4.69, 9.17) is 4.74 Å². The number of anilines is 1. The Labute approximate surface area is 104 Å². The highest BCUT2D eigenvalue weighted by molar-refractivity contribution is 9.10. The van der Waals surface area contributed by atoms with Crippen molar-refractivity contribution in [2.24, 2.45) is 0 Å². The van der Waals surface area contributed by atoms with E-state index < -0.39 is 0 Å². The van der Waals surface area contributed by atoms with Crippen molar-refractivity contribution in [2.45, 2.75) is 12.8 Å². The summed E-state index contributed by atoms with van der Waals surface area (Å²) in [5, 5.41) is 3.36. The standard InChI is InChI=1S/C12H15BrN2O/c13-11-7-12(9-14-8-11)15-4-1-10-2-5-16-6-3-10/h2,7-9,15H,1,3-6H2. The van der Waals surface area contributed by atoms with Crippen molar-refractivity contribution in [3.05, 3.63) is 34.6 Å². The lowest BCUT2D eigenvalue weighted by Gasteiger charge is -2.14. The zero-order valence-corrected chi connectivity index (χ0v) is 10.7. The third kappa shape index (κ3) is 3.61. The van der Waals surface area contributed by atoms with Crippen LogP contribution in [0.1, 0.15) is 12.8 Å². The second kappa shape index (κ2) is 6.01. The first kappa shape index (κ1) is 11.6. The Bertz CT molecular complexity index is 379. The van der Waals surface area contributed by atoms with Gasteiger partial charge in [0, 0.05) is 17.2 Å². The van der Waals surface area contributed by atoms with E-state index in [0.717, 1.165) is 42.8 Å².